The van der Waals surface area contributed by atoms with Crippen molar-refractivity contribution >= 4 is 26.8 Å². The molecule has 3 aromatic carbocycles. The Morgan fingerprint density at radius 1 is 1.00 bits per heavy atom. The molecule has 0 saturated heterocycles. The summed E-state index contributed by atoms with van der Waals surface area (Å²) in [4.78, 5) is 4.27. The van der Waals surface area contributed by atoms with Crippen molar-refractivity contribution in [1.82, 2.24) is 10.6 Å². The van der Waals surface area contributed by atoms with Crippen LogP contribution in [0.15, 0.2) is 76.6 Å². The first-order valence-corrected chi connectivity index (χ1v) is 11.2. The van der Waals surface area contributed by atoms with E-state index in [4.69, 9.17) is 9.88 Å². The summed E-state index contributed by atoms with van der Waals surface area (Å²) in [5.74, 6) is 1.48. The van der Waals surface area contributed by atoms with E-state index in [1.807, 2.05) is 30.3 Å². The highest BCUT2D eigenvalue weighted by Crippen LogP contribution is 2.20. The van der Waals surface area contributed by atoms with E-state index in [0.717, 1.165) is 23.1 Å². The lowest BCUT2D eigenvalue weighted by molar-refractivity contribution is 0.311. The minimum Gasteiger partial charge on any atom is -0.494 e. The number of primary sulfonamides is 1. The first-order chi connectivity index (χ1) is 14.5. The molecule has 0 amide bonds. The standard InChI is InChI=1S/C22H26N4O3S/c1-24-22(26-16-17-6-4-9-21(14-17)30(23,27)28)25-12-5-13-29-20-11-10-18-7-2-3-8-19(18)15-20/h2-4,6-11,14-15H,5,12-13,16H2,1H3,(H2,23,27,28)(H2,24,25,26). The van der Waals surface area contributed by atoms with Crippen molar-refractivity contribution in [3.63, 3.8) is 0 Å². The Labute approximate surface area is 177 Å². The molecule has 3 rings (SSSR count). The van der Waals surface area contributed by atoms with Crippen LogP contribution < -0.4 is 20.5 Å². The van der Waals surface area contributed by atoms with Gasteiger partial charge < -0.3 is 15.4 Å². The zero-order valence-electron chi connectivity index (χ0n) is 16.8. The molecule has 3 aromatic rings. The molecule has 8 heteroatoms. The molecular formula is C22H26N4O3S. The summed E-state index contributed by atoms with van der Waals surface area (Å²) >= 11 is 0. The number of guanidine groups is 1. The average molecular weight is 427 g/mol. The van der Waals surface area contributed by atoms with Gasteiger partial charge in [0.25, 0.3) is 0 Å². The van der Waals surface area contributed by atoms with E-state index >= 15 is 0 Å². The Morgan fingerprint density at radius 3 is 2.57 bits per heavy atom. The van der Waals surface area contributed by atoms with Crippen LogP contribution in [0.3, 0.4) is 0 Å². The number of fused-ring (bicyclic) bond motifs is 1. The van der Waals surface area contributed by atoms with Gasteiger partial charge in [-0.25, -0.2) is 13.6 Å². The Morgan fingerprint density at radius 2 is 1.80 bits per heavy atom. The lowest BCUT2D eigenvalue weighted by atomic mass is 10.1. The summed E-state index contributed by atoms with van der Waals surface area (Å²) in [6.07, 6.45) is 0.800. The van der Waals surface area contributed by atoms with E-state index in [1.165, 1.54) is 11.5 Å². The van der Waals surface area contributed by atoms with Crippen LogP contribution in [0.1, 0.15) is 12.0 Å². The zero-order valence-corrected chi connectivity index (χ0v) is 17.7. The van der Waals surface area contributed by atoms with Gasteiger partial charge >= 0.3 is 0 Å². The van der Waals surface area contributed by atoms with E-state index in [-0.39, 0.29) is 4.90 Å². The quantitative estimate of drug-likeness (QED) is 0.292. The second kappa shape index (κ2) is 10.1. The van der Waals surface area contributed by atoms with E-state index in [1.54, 1.807) is 19.2 Å². The molecule has 158 valence electrons. The number of hydrogen-bond donors (Lipinski definition) is 3. The van der Waals surface area contributed by atoms with Gasteiger partial charge in [0.2, 0.25) is 10.0 Å². The smallest absolute Gasteiger partial charge is 0.238 e. The lowest BCUT2D eigenvalue weighted by Crippen LogP contribution is -2.37. The number of sulfonamides is 1. The number of nitrogens with zero attached hydrogens (tertiary/aromatic N) is 1. The van der Waals surface area contributed by atoms with Gasteiger partial charge in [-0.3, -0.25) is 4.99 Å². The summed E-state index contributed by atoms with van der Waals surface area (Å²) in [5, 5.41) is 13.9. The van der Waals surface area contributed by atoms with Gasteiger partial charge in [0.1, 0.15) is 5.75 Å². The highest BCUT2D eigenvalue weighted by Gasteiger charge is 2.08. The van der Waals surface area contributed by atoms with Gasteiger partial charge in [-0.1, -0.05) is 42.5 Å². The molecular weight excluding hydrogens is 400 g/mol. The summed E-state index contributed by atoms with van der Waals surface area (Å²) in [6.45, 7) is 1.69. The summed E-state index contributed by atoms with van der Waals surface area (Å²) in [6, 6.07) is 20.8. The minimum absolute atomic E-state index is 0.0931. The highest BCUT2D eigenvalue weighted by atomic mass is 32.2. The van der Waals surface area contributed by atoms with Crippen LogP contribution in [0.25, 0.3) is 10.8 Å². The third-order valence-corrected chi connectivity index (χ3v) is 5.42. The number of nitrogens with two attached hydrogens (primary N) is 1. The zero-order chi connectivity index (χ0) is 21.4. The molecule has 0 heterocycles. The molecule has 4 N–H and O–H groups in total. The van der Waals surface area contributed by atoms with Crippen molar-refractivity contribution < 1.29 is 13.2 Å². The topological polar surface area (TPSA) is 106 Å². The van der Waals surface area contributed by atoms with Crippen molar-refractivity contribution in [3.05, 3.63) is 72.3 Å². The maximum absolute atomic E-state index is 11.5. The van der Waals surface area contributed by atoms with Gasteiger partial charge in [-0.2, -0.15) is 0 Å². The van der Waals surface area contributed by atoms with Crippen LogP contribution in [0.4, 0.5) is 0 Å². The highest BCUT2D eigenvalue weighted by molar-refractivity contribution is 7.89. The molecule has 0 aliphatic rings. The molecule has 0 radical (unpaired) electrons. The number of benzene rings is 3. The Hall–Kier alpha value is -3.10. The molecule has 30 heavy (non-hydrogen) atoms. The van der Waals surface area contributed by atoms with Gasteiger partial charge in [-0.05, 0) is 47.0 Å². The fourth-order valence-electron chi connectivity index (χ4n) is 2.96. The average Bonchev–Trinajstić information content (AvgIpc) is 2.75. The van der Waals surface area contributed by atoms with Crippen molar-refractivity contribution in [2.45, 2.75) is 17.9 Å². The molecule has 7 nitrogen and oxygen atoms in total. The van der Waals surface area contributed by atoms with Crippen molar-refractivity contribution in [1.29, 1.82) is 0 Å². The second-order valence-electron chi connectivity index (χ2n) is 6.76. The van der Waals surface area contributed by atoms with E-state index in [0.29, 0.717) is 25.7 Å². The maximum atomic E-state index is 11.5. The number of nitrogens with one attached hydrogen (secondary N) is 2. The predicted molar refractivity (Wildman–Crippen MR) is 120 cm³/mol. The first kappa shape index (κ1) is 21.6. The fraction of sp³-hybridized carbons (Fsp3) is 0.227. The van der Waals surface area contributed by atoms with Crippen LogP contribution in [0.2, 0.25) is 0 Å². The molecule has 0 spiro atoms. The van der Waals surface area contributed by atoms with Crippen LogP contribution in [0, 0.1) is 0 Å². The number of rotatable bonds is 8. The summed E-state index contributed by atoms with van der Waals surface area (Å²) in [7, 11) is -2.03. The Kier molecular flexibility index (Phi) is 7.26. The van der Waals surface area contributed by atoms with Gasteiger partial charge in [0, 0.05) is 20.1 Å². The van der Waals surface area contributed by atoms with Gasteiger partial charge in [0.05, 0.1) is 11.5 Å². The van der Waals surface area contributed by atoms with E-state index < -0.39 is 10.0 Å². The van der Waals surface area contributed by atoms with Crippen LogP contribution >= 0.6 is 0 Å². The van der Waals surface area contributed by atoms with Crippen molar-refractivity contribution in [3.8, 4) is 5.75 Å². The number of ether oxygens (including phenoxy) is 1. The predicted octanol–water partition coefficient (Wildman–Crippen LogP) is 2.62. The Balaban J connectivity index is 1.41. The molecule has 0 aromatic heterocycles. The molecule has 0 atom stereocenters. The number of hydrogen-bond acceptors (Lipinski definition) is 4. The monoisotopic (exact) mass is 426 g/mol. The largest absolute Gasteiger partial charge is 0.494 e. The van der Waals surface area contributed by atoms with E-state index in [2.05, 4.69) is 33.8 Å². The van der Waals surface area contributed by atoms with Crippen molar-refractivity contribution in [2.75, 3.05) is 20.2 Å². The molecule has 0 saturated carbocycles. The molecule has 0 unspecified atom stereocenters. The second-order valence-corrected chi connectivity index (χ2v) is 8.32. The first-order valence-electron chi connectivity index (χ1n) is 9.63. The van der Waals surface area contributed by atoms with Gasteiger partial charge in [0.15, 0.2) is 5.96 Å². The van der Waals surface area contributed by atoms with Crippen LogP contribution in [-0.4, -0.2) is 34.6 Å². The van der Waals surface area contributed by atoms with Gasteiger partial charge in [-0.15, -0.1) is 0 Å². The third kappa shape index (κ3) is 6.20. The summed E-state index contributed by atoms with van der Waals surface area (Å²) < 4.78 is 28.8. The number of aliphatic imine (C=N–C) groups is 1. The summed E-state index contributed by atoms with van der Waals surface area (Å²) in [5.41, 5.74) is 0.795. The van der Waals surface area contributed by atoms with E-state index in [9.17, 15) is 8.42 Å². The molecule has 0 bridgehead atoms. The Bertz CT molecular complexity index is 1130. The molecule has 0 aliphatic heterocycles. The minimum atomic E-state index is -3.71. The molecule has 0 fully saturated rings. The third-order valence-electron chi connectivity index (χ3n) is 4.51. The van der Waals surface area contributed by atoms with Crippen LogP contribution in [0.5, 0.6) is 5.75 Å². The normalized spacial score (nSPS) is 12.0. The SMILES string of the molecule is CN=C(NCCCOc1ccc2ccccc2c1)NCc1cccc(S(N)(=O)=O)c1. The molecule has 0 aliphatic carbocycles. The van der Waals surface area contributed by atoms with Crippen molar-refractivity contribution in [2.24, 2.45) is 10.1 Å². The van der Waals surface area contributed by atoms with Crippen LogP contribution in [-0.2, 0) is 16.6 Å². The fourth-order valence-corrected chi connectivity index (χ4v) is 3.55. The maximum Gasteiger partial charge on any atom is 0.238 e. The lowest BCUT2D eigenvalue weighted by Gasteiger charge is -2.13.